The Hall–Kier alpha value is -3.54. The number of amides is 1. The SMILES string of the molecule is COc1cc(C(=O)N(Cc2ccc(F)cc2)C2CC2)cc(OC)c1OCc1ccccc1. The number of ether oxygens (including phenoxy) is 3. The van der Waals surface area contributed by atoms with E-state index < -0.39 is 0 Å². The van der Waals surface area contributed by atoms with Gasteiger partial charge in [-0.15, -0.1) is 0 Å². The summed E-state index contributed by atoms with van der Waals surface area (Å²) < 4.78 is 30.3. The Morgan fingerprint density at radius 1 is 0.938 bits per heavy atom. The van der Waals surface area contributed by atoms with Crippen molar-refractivity contribution in [3.63, 3.8) is 0 Å². The fraction of sp³-hybridized carbons (Fsp3) is 0.269. The number of methoxy groups -OCH3 is 2. The van der Waals surface area contributed by atoms with Gasteiger partial charge in [0, 0.05) is 18.2 Å². The van der Waals surface area contributed by atoms with Gasteiger partial charge in [0.15, 0.2) is 11.5 Å². The molecular weight excluding hydrogens is 409 g/mol. The number of hydrogen-bond donors (Lipinski definition) is 0. The molecule has 1 saturated carbocycles. The van der Waals surface area contributed by atoms with E-state index in [9.17, 15) is 9.18 Å². The van der Waals surface area contributed by atoms with Crippen molar-refractivity contribution in [3.8, 4) is 17.2 Å². The van der Waals surface area contributed by atoms with Crippen LogP contribution in [0.15, 0.2) is 66.7 Å². The summed E-state index contributed by atoms with van der Waals surface area (Å²) in [6, 6.07) is 19.6. The van der Waals surface area contributed by atoms with Crippen molar-refractivity contribution in [2.75, 3.05) is 14.2 Å². The molecule has 0 N–H and O–H groups in total. The van der Waals surface area contributed by atoms with Crippen LogP contribution in [0.2, 0.25) is 0 Å². The highest BCUT2D eigenvalue weighted by Gasteiger charge is 2.34. The Balaban J connectivity index is 1.58. The molecule has 0 saturated heterocycles. The summed E-state index contributed by atoms with van der Waals surface area (Å²) in [4.78, 5) is 15.2. The number of halogens is 1. The average Bonchev–Trinajstić information content (AvgIpc) is 3.67. The van der Waals surface area contributed by atoms with Gasteiger partial charge in [0.25, 0.3) is 5.91 Å². The number of carbonyl (C=O) groups is 1. The van der Waals surface area contributed by atoms with Crippen molar-refractivity contribution in [1.82, 2.24) is 4.90 Å². The second-order valence-electron chi connectivity index (χ2n) is 7.77. The zero-order valence-corrected chi connectivity index (χ0v) is 18.2. The molecule has 0 unspecified atom stereocenters. The topological polar surface area (TPSA) is 48.0 Å². The lowest BCUT2D eigenvalue weighted by Crippen LogP contribution is -2.32. The predicted octanol–water partition coefficient (Wildman–Crippen LogP) is 5.23. The third kappa shape index (κ3) is 5.02. The highest BCUT2D eigenvalue weighted by molar-refractivity contribution is 5.96. The van der Waals surface area contributed by atoms with Gasteiger partial charge in [0.2, 0.25) is 5.75 Å². The van der Waals surface area contributed by atoms with Crippen LogP contribution in [0.3, 0.4) is 0 Å². The first-order chi connectivity index (χ1) is 15.6. The molecule has 1 fully saturated rings. The molecule has 5 nitrogen and oxygen atoms in total. The number of hydrogen-bond acceptors (Lipinski definition) is 4. The monoisotopic (exact) mass is 435 g/mol. The molecule has 0 aliphatic heterocycles. The van der Waals surface area contributed by atoms with Gasteiger partial charge in [-0.1, -0.05) is 42.5 Å². The summed E-state index contributed by atoms with van der Waals surface area (Å²) in [6.45, 7) is 0.764. The first-order valence-electron chi connectivity index (χ1n) is 10.6. The quantitative estimate of drug-likeness (QED) is 0.462. The molecule has 0 heterocycles. The molecule has 0 spiro atoms. The molecule has 4 rings (SSSR count). The maximum atomic E-state index is 13.4. The molecule has 0 aromatic heterocycles. The van der Waals surface area contributed by atoms with Crippen LogP contribution in [0, 0.1) is 5.82 Å². The van der Waals surface area contributed by atoms with Crippen LogP contribution in [-0.4, -0.2) is 31.1 Å². The summed E-state index contributed by atoms with van der Waals surface area (Å²) in [5.41, 5.74) is 2.35. The Bertz CT molecular complexity index is 1040. The van der Waals surface area contributed by atoms with Crippen molar-refractivity contribution in [2.45, 2.75) is 32.0 Å². The summed E-state index contributed by atoms with van der Waals surface area (Å²) in [6.07, 6.45) is 1.92. The van der Waals surface area contributed by atoms with E-state index in [0.29, 0.717) is 36.0 Å². The molecule has 32 heavy (non-hydrogen) atoms. The first kappa shape index (κ1) is 21.7. The largest absolute Gasteiger partial charge is 0.493 e. The van der Waals surface area contributed by atoms with Crippen molar-refractivity contribution in [1.29, 1.82) is 0 Å². The lowest BCUT2D eigenvalue weighted by molar-refractivity contribution is 0.0729. The van der Waals surface area contributed by atoms with Gasteiger partial charge in [-0.2, -0.15) is 0 Å². The van der Waals surface area contributed by atoms with Crippen LogP contribution in [0.5, 0.6) is 17.2 Å². The fourth-order valence-corrected chi connectivity index (χ4v) is 3.58. The van der Waals surface area contributed by atoms with Gasteiger partial charge in [0.1, 0.15) is 12.4 Å². The van der Waals surface area contributed by atoms with Gasteiger partial charge in [-0.05, 0) is 48.2 Å². The number of carbonyl (C=O) groups excluding carboxylic acids is 1. The lowest BCUT2D eigenvalue weighted by atomic mass is 10.1. The minimum Gasteiger partial charge on any atom is -0.493 e. The molecule has 0 bridgehead atoms. The summed E-state index contributed by atoms with van der Waals surface area (Å²) >= 11 is 0. The van der Waals surface area contributed by atoms with Crippen LogP contribution < -0.4 is 14.2 Å². The van der Waals surface area contributed by atoms with Gasteiger partial charge in [-0.25, -0.2) is 4.39 Å². The molecule has 3 aromatic rings. The lowest BCUT2D eigenvalue weighted by Gasteiger charge is -2.24. The predicted molar refractivity (Wildman–Crippen MR) is 120 cm³/mol. The smallest absolute Gasteiger partial charge is 0.254 e. The number of rotatable bonds is 9. The van der Waals surface area contributed by atoms with Gasteiger partial charge in [-0.3, -0.25) is 4.79 Å². The van der Waals surface area contributed by atoms with E-state index in [1.807, 2.05) is 35.2 Å². The Labute approximate surface area is 187 Å². The maximum absolute atomic E-state index is 13.4. The minimum absolute atomic E-state index is 0.122. The number of nitrogens with zero attached hydrogens (tertiary/aromatic N) is 1. The van der Waals surface area contributed by atoms with Crippen LogP contribution >= 0.6 is 0 Å². The van der Waals surface area contributed by atoms with Crippen molar-refractivity contribution < 1.29 is 23.4 Å². The third-order valence-corrected chi connectivity index (χ3v) is 5.45. The van der Waals surface area contributed by atoms with Crippen molar-refractivity contribution in [3.05, 3.63) is 89.2 Å². The first-order valence-corrected chi connectivity index (χ1v) is 10.6. The number of benzene rings is 3. The van der Waals surface area contributed by atoms with E-state index in [1.54, 1.807) is 24.3 Å². The highest BCUT2D eigenvalue weighted by Crippen LogP contribution is 2.40. The molecule has 0 radical (unpaired) electrons. The normalized spacial score (nSPS) is 12.8. The van der Waals surface area contributed by atoms with Gasteiger partial charge >= 0.3 is 0 Å². The van der Waals surface area contributed by atoms with Crippen LogP contribution in [0.1, 0.15) is 34.3 Å². The highest BCUT2D eigenvalue weighted by atomic mass is 19.1. The van der Waals surface area contributed by atoms with Gasteiger partial charge in [0.05, 0.1) is 14.2 Å². The summed E-state index contributed by atoms with van der Waals surface area (Å²) in [5.74, 6) is 0.899. The minimum atomic E-state index is -0.293. The van der Waals surface area contributed by atoms with Crippen molar-refractivity contribution in [2.24, 2.45) is 0 Å². The Morgan fingerprint density at radius 2 is 1.56 bits per heavy atom. The molecule has 6 heteroatoms. The Morgan fingerprint density at radius 3 is 2.12 bits per heavy atom. The summed E-state index contributed by atoms with van der Waals surface area (Å²) in [7, 11) is 3.07. The molecule has 0 atom stereocenters. The van der Waals surface area contributed by atoms with E-state index in [-0.39, 0.29) is 17.8 Å². The zero-order valence-electron chi connectivity index (χ0n) is 18.2. The van der Waals surface area contributed by atoms with E-state index in [4.69, 9.17) is 14.2 Å². The molecular formula is C26H26FNO4. The van der Waals surface area contributed by atoms with Crippen LogP contribution in [-0.2, 0) is 13.2 Å². The van der Waals surface area contributed by atoms with E-state index >= 15 is 0 Å². The maximum Gasteiger partial charge on any atom is 0.254 e. The van der Waals surface area contributed by atoms with Crippen molar-refractivity contribution >= 4 is 5.91 Å². The molecule has 3 aromatic carbocycles. The van der Waals surface area contributed by atoms with Crippen LogP contribution in [0.25, 0.3) is 0 Å². The molecule has 1 amide bonds. The summed E-state index contributed by atoms with van der Waals surface area (Å²) in [5, 5.41) is 0. The van der Waals surface area contributed by atoms with E-state index in [1.165, 1.54) is 26.4 Å². The second kappa shape index (κ2) is 9.73. The Kier molecular flexibility index (Phi) is 6.59. The second-order valence-corrected chi connectivity index (χ2v) is 7.77. The molecule has 166 valence electrons. The standard InChI is InChI=1S/C26H26FNO4/c1-30-23-14-20(15-24(31-2)25(23)32-17-19-6-4-3-5-7-19)26(29)28(22-12-13-22)16-18-8-10-21(27)11-9-18/h3-11,14-15,22H,12-13,16-17H2,1-2H3. The van der Waals surface area contributed by atoms with Crippen LogP contribution in [0.4, 0.5) is 4.39 Å². The van der Waals surface area contributed by atoms with E-state index in [0.717, 1.165) is 24.0 Å². The van der Waals surface area contributed by atoms with Gasteiger partial charge < -0.3 is 19.1 Å². The van der Waals surface area contributed by atoms with E-state index in [2.05, 4.69) is 0 Å². The third-order valence-electron chi connectivity index (χ3n) is 5.45. The zero-order chi connectivity index (χ0) is 22.5. The average molecular weight is 435 g/mol. The molecule has 1 aliphatic rings. The molecule has 1 aliphatic carbocycles. The fourth-order valence-electron chi connectivity index (χ4n) is 3.58.